The Kier molecular flexibility index (Phi) is 4.04. The standard InChI is InChI=1S/C16H20N2S/c1-12-2-4-15-8-13(3-5-16(15)18-12)9-17-10-14-6-7-19-11-14/h2-5,8,14,17H,6-7,9-11H2,1H3. The van der Waals surface area contributed by atoms with Gasteiger partial charge in [0.15, 0.2) is 0 Å². The van der Waals surface area contributed by atoms with Gasteiger partial charge in [-0.2, -0.15) is 11.8 Å². The third kappa shape index (κ3) is 3.28. The second-order valence-electron chi connectivity index (χ2n) is 5.34. The Morgan fingerprint density at radius 2 is 2.26 bits per heavy atom. The average Bonchev–Trinajstić information content (AvgIpc) is 2.92. The smallest absolute Gasteiger partial charge is 0.0705 e. The first-order valence-corrected chi connectivity index (χ1v) is 8.11. The van der Waals surface area contributed by atoms with Gasteiger partial charge in [-0.15, -0.1) is 0 Å². The second-order valence-corrected chi connectivity index (χ2v) is 6.49. The van der Waals surface area contributed by atoms with Gasteiger partial charge in [0.2, 0.25) is 0 Å². The highest BCUT2D eigenvalue weighted by atomic mass is 32.2. The van der Waals surface area contributed by atoms with Gasteiger partial charge >= 0.3 is 0 Å². The first-order chi connectivity index (χ1) is 9.31. The molecular weight excluding hydrogens is 252 g/mol. The molecule has 0 radical (unpaired) electrons. The zero-order valence-electron chi connectivity index (χ0n) is 11.4. The summed E-state index contributed by atoms with van der Waals surface area (Å²) >= 11 is 2.08. The Hall–Kier alpha value is -1.06. The van der Waals surface area contributed by atoms with E-state index < -0.39 is 0 Å². The van der Waals surface area contributed by atoms with Crippen LogP contribution in [0.25, 0.3) is 10.9 Å². The summed E-state index contributed by atoms with van der Waals surface area (Å²) in [6.07, 6.45) is 1.37. The molecule has 3 heteroatoms. The maximum absolute atomic E-state index is 4.54. The molecule has 1 aliphatic heterocycles. The molecule has 2 nitrogen and oxygen atoms in total. The first kappa shape index (κ1) is 12.9. The Morgan fingerprint density at radius 3 is 3.11 bits per heavy atom. The molecule has 1 unspecified atom stereocenters. The van der Waals surface area contributed by atoms with E-state index >= 15 is 0 Å². The van der Waals surface area contributed by atoms with Crippen LogP contribution in [0.5, 0.6) is 0 Å². The summed E-state index contributed by atoms with van der Waals surface area (Å²) in [7, 11) is 0. The van der Waals surface area contributed by atoms with Crippen molar-refractivity contribution in [3.8, 4) is 0 Å². The molecule has 0 bridgehead atoms. The van der Waals surface area contributed by atoms with E-state index in [0.29, 0.717) is 0 Å². The highest BCUT2D eigenvalue weighted by Crippen LogP contribution is 2.22. The summed E-state index contributed by atoms with van der Waals surface area (Å²) in [5.41, 5.74) is 3.52. The number of thioether (sulfide) groups is 1. The lowest BCUT2D eigenvalue weighted by Crippen LogP contribution is -2.22. The zero-order valence-corrected chi connectivity index (χ0v) is 12.2. The van der Waals surface area contributed by atoms with Gasteiger partial charge in [0.1, 0.15) is 0 Å². The monoisotopic (exact) mass is 272 g/mol. The molecule has 1 fully saturated rings. The Labute approximate surface area is 119 Å². The van der Waals surface area contributed by atoms with E-state index in [1.165, 1.54) is 28.9 Å². The molecule has 0 aliphatic carbocycles. The molecule has 3 rings (SSSR count). The van der Waals surface area contributed by atoms with Crippen LogP contribution in [0.3, 0.4) is 0 Å². The number of hydrogen-bond acceptors (Lipinski definition) is 3. The van der Waals surface area contributed by atoms with Gasteiger partial charge in [-0.1, -0.05) is 12.1 Å². The molecule has 19 heavy (non-hydrogen) atoms. The molecule has 0 spiro atoms. The van der Waals surface area contributed by atoms with Crippen molar-refractivity contribution in [1.82, 2.24) is 10.3 Å². The van der Waals surface area contributed by atoms with Crippen LogP contribution in [-0.2, 0) is 6.54 Å². The molecule has 1 saturated heterocycles. The highest BCUT2D eigenvalue weighted by Gasteiger charge is 2.14. The van der Waals surface area contributed by atoms with E-state index in [1.807, 2.05) is 6.92 Å². The molecule has 0 saturated carbocycles. The van der Waals surface area contributed by atoms with E-state index in [0.717, 1.165) is 30.2 Å². The number of hydrogen-bond donors (Lipinski definition) is 1. The lowest BCUT2D eigenvalue weighted by Gasteiger charge is -2.10. The van der Waals surface area contributed by atoms with E-state index in [2.05, 4.69) is 52.4 Å². The largest absolute Gasteiger partial charge is 0.312 e. The first-order valence-electron chi connectivity index (χ1n) is 6.96. The van der Waals surface area contributed by atoms with Crippen molar-refractivity contribution < 1.29 is 0 Å². The SMILES string of the molecule is Cc1ccc2cc(CNCC3CCSC3)ccc2n1. The van der Waals surface area contributed by atoms with E-state index in [9.17, 15) is 0 Å². The average molecular weight is 272 g/mol. The van der Waals surface area contributed by atoms with Gasteiger partial charge in [0.05, 0.1) is 5.52 Å². The Bertz CT molecular complexity index is 562. The van der Waals surface area contributed by atoms with Gasteiger partial charge in [-0.25, -0.2) is 0 Å². The molecule has 2 heterocycles. The van der Waals surface area contributed by atoms with Crippen LogP contribution in [0.1, 0.15) is 17.7 Å². The van der Waals surface area contributed by atoms with Gasteiger partial charge in [0, 0.05) is 17.6 Å². The van der Waals surface area contributed by atoms with Crippen LogP contribution < -0.4 is 5.32 Å². The quantitative estimate of drug-likeness (QED) is 0.923. The number of benzene rings is 1. The fourth-order valence-electron chi connectivity index (χ4n) is 2.55. The minimum absolute atomic E-state index is 0.870. The van der Waals surface area contributed by atoms with Gasteiger partial charge in [-0.05, 0) is 61.1 Å². The maximum Gasteiger partial charge on any atom is 0.0705 e. The minimum atomic E-state index is 0.870. The predicted molar refractivity (Wildman–Crippen MR) is 83.6 cm³/mol. The van der Waals surface area contributed by atoms with Crippen LogP contribution in [-0.4, -0.2) is 23.0 Å². The number of rotatable bonds is 4. The summed E-state index contributed by atoms with van der Waals surface area (Å²) in [5, 5.41) is 4.82. The molecule has 1 aromatic carbocycles. The minimum Gasteiger partial charge on any atom is -0.312 e. The summed E-state index contributed by atoms with van der Waals surface area (Å²) in [6, 6.07) is 10.8. The van der Waals surface area contributed by atoms with Crippen molar-refractivity contribution in [2.45, 2.75) is 19.9 Å². The molecular formula is C16H20N2S. The topological polar surface area (TPSA) is 24.9 Å². The number of nitrogens with zero attached hydrogens (tertiary/aromatic N) is 1. The molecule has 0 amide bonds. The normalized spacial score (nSPS) is 19.1. The Balaban J connectivity index is 1.62. The van der Waals surface area contributed by atoms with Crippen molar-refractivity contribution in [3.05, 3.63) is 41.6 Å². The third-order valence-electron chi connectivity index (χ3n) is 3.68. The van der Waals surface area contributed by atoms with Crippen LogP contribution in [0, 0.1) is 12.8 Å². The fraction of sp³-hybridized carbons (Fsp3) is 0.438. The van der Waals surface area contributed by atoms with Crippen LogP contribution >= 0.6 is 11.8 Å². The van der Waals surface area contributed by atoms with Crippen molar-refractivity contribution in [3.63, 3.8) is 0 Å². The molecule has 100 valence electrons. The van der Waals surface area contributed by atoms with Crippen molar-refractivity contribution in [2.75, 3.05) is 18.1 Å². The predicted octanol–water partition coefficient (Wildman–Crippen LogP) is 3.39. The van der Waals surface area contributed by atoms with Crippen molar-refractivity contribution in [2.24, 2.45) is 5.92 Å². The summed E-state index contributed by atoms with van der Waals surface area (Å²) < 4.78 is 0. The highest BCUT2D eigenvalue weighted by molar-refractivity contribution is 7.99. The number of fused-ring (bicyclic) bond motifs is 1. The van der Waals surface area contributed by atoms with E-state index in [4.69, 9.17) is 0 Å². The van der Waals surface area contributed by atoms with Crippen molar-refractivity contribution in [1.29, 1.82) is 0 Å². The molecule has 1 atom stereocenters. The molecule has 1 aromatic heterocycles. The summed E-state index contributed by atoms with van der Waals surface area (Å²) in [4.78, 5) is 4.54. The molecule has 1 aliphatic rings. The van der Waals surface area contributed by atoms with Gasteiger partial charge in [-0.3, -0.25) is 4.98 Å². The summed E-state index contributed by atoms with van der Waals surface area (Å²) in [6.45, 7) is 4.15. The maximum atomic E-state index is 4.54. The number of aryl methyl sites for hydroxylation is 1. The lowest BCUT2D eigenvalue weighted by molar-refractivity contribution is 0.523. The second kappa shape index (κ2) is 5.93. The fourth-order valence-corrected chi connectivity index (χ4v) is 3.84. The third-order valence-corrected chi connectivity index (χ3v) is 4.91. The van der Waals surface area contributed by atoms with Crippen LogP contribution in [0.2, 0.25) is 0 Å². The zero-order chi connectivity index (χ0) is 13.1. The number of pyridine rings is 1. The number of nitrogens with one attached hydrogen (secondary N) is 1. The molecule has 2 aromatic rings. The van der Waals surface area contributed by atoms with Crippen molar-refractivity contribution >= 4 is 22.7 Å². The molecule has 1 N–H and O–H groups in total. The van der Waals surface area contributed by atoms with Crippen LogP contribution in [0.4, 0.5) is 0 Å². The van der Waals surface area contributed by atoms with E-state index in [-0.39, 0.29) is 0 Å². The lowest BCUT2D eigenvalue weighted by atomic mass is 10.1. The van der Waals surface area contributed by atoms with Gasteiger partial charge < -0.3 is 5.32 Å². The van der Waals surface area contributed by atoms with E-state index in [1.54, 1.807) is 0 Å². The Morgan fingerprint density at radius 1 is 1.32 bits per heavy atom. The number of aromatic nitrogens is 1. The van der Waals surface area contributed by atoms with Crippen LogP contribution in [0.15, 0.2) is 30.3 Å². The summed E-state index contributed by atoms with van der Waals surface area (Å²) in [5.74, 6) is 3.54. The van der Waals surface area contributed by atoms with Gasteiger partial charge in [0.25, 0.3) is 0 Å².